The number of carbonyl (C=O) groups excluding carboxylic acids is 1. The van der Waals surface area contributed by atoms with Gasteiger partial charge in [-0.3, -0.25) is 0 Å². The van der Waals surface area contributed by atoms with E-state index in [-0.39, 0.29) is 6.61 Å². The van der Waals surface area contributed by atoms with Crippen LogP contribution in [-0.2, 0) is 15.9 Å². The Kier molecular flexibility index (Phi) is 3.81. The summed E-state index contributed by atoms with van der Waals surface area (Å²) < 4.78 is 14.9. The third-order valence-electron chi connectivity index (χ3n) is 1.61. The fraction of sp³-hybridized carbons (Fsp3) is 0.125. The van der Waals surface area contributed by atoms with Crippen molar-refractivity contribution in [2.45, 2.75) is 6.61 Å². The zero-order valence-corrected chi connectivity index (χ0v) is 9.48. The average molecular weight is 243 g/mol. The van der Waals surface area contributed by atoms with E-state index in [1.165, 1.54) is 0 Å². The minimum absolute atomic E-state index is 0.177. The Balaban J connectivity index is 2.63. The zero-order valence-electron chi connectivity index (χ0n) is 7.58. The fourth-order valence-corrected chi connectivity index (χ4v) is 1.35. The first kappa shape index (κ1) is 12.1. The van der Waals surface area contributed by atoms with Crippen LogP contribution in [0.5, 0.6) is 0 Å². The number of rotatable bonds is 3. The van der Waals surface area contributed by atoms with Gasteiger partial charge in [0.2, 0.25) is 0 Å². The van der Waals surface area contributed by atoms with Gasteiger partial charge in [-0.1, -0.05) is 29.5 Å². The maximum absolute atomic E-state index is 10.7. The summed E-state index contributed by atoms with van der Waals surface area (Å²) in [5, 5.41) is 0.705. The van der Waals surface area contributed by atoms with Crippen LogP contribution >= 0.6 is 7.60 Å². The van der Waals surface area contributed by atoms with Gasteiger partial charge in [-0.05, 0) is 5.56 Å². The highest BCUT2D eigenvalue weighted by molar-refractivity contribution is 7.69. The fourth-order valence-electron chi connectivity index (χ4n) is 0.870. The lowest BCUT2D eigenvalue weighted by atomic mass is 10.2. The molecule has 0 amide bonds. The minimum atomic E-state index is -4.79. The van der Waals surface area contributed by atoms with Gasteiger partial charge in [0.25, 0.3) is 0 Å². The number of hydrogen-bond acceptors (Lipinski definition) is 3. The van der Waals surface area contributed by atoms with Crippen LogP contribution < -0.4 is 5.19 Å². The second-order valence-corrected chi connectivity index (χ2v) is 4.75. The summed E-state index contributed by atoms with van der Waals surface area (Å²) >= 11 is 0. The third-order valence-corrected chi connectivity index (χ3v) is 2.70. The predicted molar refractivity (Wildman–Crippen MR) is 54.1 cm³/mol. The molecule has 0 aliphatic rings. The molecule has 5 nitrogen and oxygen atoms in total. The first-order valence-electron chi connectivity index (χ1n) is 3.93. The molecule has 0 aliphatic carbocycles. The van der Waals surface area contributed by atoms with Gasteiger partial charge in [-0.2, -0.15) is 0 Å². The normalized spacial score (nSPS) is 11.1. The Labute approximate surface area is 89.7 Å². The van der Waals surface area contributed by atoms with Crippen molar-refractivity contribution >= 4 is 28.7 Å². The van der Waals surface area contributed by atoms with Gasteiger partial charge in [0.05, 0.1) is 10.2 Å². The molecule has 3 radical (unpaired) electrons. The molecule has 0 bridgehead atoms. The summed E-state index contributed by atoms with van der Waals surface area (Å²) in [7, 11) is -1.52. The van der Waals surface area contributed by atoms with Crippen LogP contribution in [0.3, 0.4) is 0 Å². The topological polar surface area (TPSA) is 83.8 Å². The smallest absolute Gasteiger partial charge is 0.433 e. The van der Waals surface area contributed by atoms with Crippen LogP contribution in [0.4, 0.5) is 4.79 Å². The van der Waals surface area contributed by atoms with E-state index in [2.05, 4.69) is 15.0 Å². The summed E-state index contributed by atoms with van der Waals surface area (Å²) in [5.74, 6) is 0. The quantitative estimate of drug-likeness (QED) is 0.589. The molecule has 0 fully saturated rings. The molecule has 0 saturated carbocycles. The molecule has 0 spiro atoms. The number of benzene rings is 1. The van der Waals surface area contributed by atoms with E-state index in [4.69, 9.17) is 9.79 Å². The molecule has 1 rings (SSSR count). The second kappa shape index (κ2) is 4.72. The molecule has 2 N–H and O–H groups in total. The molecule has 0 aliphatic heterocycles. The van der Waals surface area contributed by atoms with Crippen molar-refractivity contribution in [2.24, 2.45) is 0 Å². The second-order valence-electron chi connectivity index (χ2n) is 2.76. The molecular formula is C8H8O5PSi. The van der Waals surface area contributed by atoms with E-state index in [1.807, 2.05) is 0 Å². The van der Waals surface area contributed by atoms with Gasteiger partial charge in [0.1, 0.15) is 6.61 Å². The van der Waals surface area contributed by atoms with E-state index in [0.29, 0.717) is 10.8 Å². The monoisotopic (exact) mass is 243 g/mol. The van der Waals surface area contributed by atoms with Crippen molar-refractivity contribution in [2.75, 3.05) is 0 Å². The molecule has 0 aromatic heterocycles. The van der Waals surface area contributed by atoms with Crippen LogP contribution in [0.1, 0.15) is 5.56 Å². The number of carbonyl (C=O) groups is 1. The van der Waals surface area contributed by atoms with Crippen molar-refractivity contribution in [3.63, 3.8) is 0 Å². The zero-order chi connectivity index (χ0) is 11.5. The summed E-state index contributed by atoms with van der Waals surface area (Å²) in [5.41, 5.74) is -0.881. The summed E-state index contributed by atoms with van der Waals surface area (Å²) in [6.45, 7) is -0.177. The van der Waals surface area contributed by atoms with Crippen LogP contribution in [0.15, 0.2) is 24.3 Å². The number of hydrogen-bond donors (Lipinski definition) is 2. The van der Waals surface area contributed by atoms with E-state index < -0.39 is 13.3 Å². The molecule has 7 heteroatoms. The van der Waals surface area contributed by atoms with Crippen molar-refractivity contribution in [3.8, 4) is 0 Å². The Bertz CT molecular complexity index is 413. The van der Waals surface area contributed by atoms with E-state index >= 15 is 0 Å². The highest BCUT2D eigenvalue weighted by atomic mass is 31.2. The van der Waals surface area contributed by atoms with Gasteiger partial charge in [-0.15, -0.1) is 0 Å². The molecule has 15 heavy (non-hydrogen) atoms. The first-order chi connectivity index (χ1) is 6.91. The average Bonchev–Trinajstić information content (AvgIpc) is 2.14. The van der Waals surface area contributed by atoms with E-state index in [9.17, 15) is 9.36 Å². The Morgan fingerprint density at radius 3 is 2.53 bits per heavy atom. The van der Waals surface area contributed by atoms with Crippen LogP contribution in [0.2, 0.25) is 0 Å². The van der Waals surface area contributed by atoms with Gasteiger partial charge < -0.3 is 14.5 Å². The predicted octanol–water partition coefficient (Wildman–Crippen LogP) is 0.295. The van der Waals surface area contributed by atoms with Crippen LogP contribution in [-0.4, -0.2) is 25.7 Å². The lowest BCUT2D eigenvalue weighted by molar-refractivity contribution is 0.157. The van der Waals surface area contributed by atoms with Gasteiger partial charge in [0, 0.05) is 0 Å². The van der Waals surface area contributed by atoms with E-state index in [0.717, 1.165) is 0 Å². The van der Waals surface area contributed by atoms with Gasteiger partial charge >= 0.3 is 13.3 Å². The molecule has 0 saturated heterocycles. The van der Waals surface area contributed by atoms with Crippen LogP contribution in [0, 0.1) is 0 Å². The molecule has 79 valence electrons. The summed E-state index contributed by atoms with van der Waals surface area (Å²) in [6.07, 6.45) is 0. The molecule has 1 aromatic rings. The Morgan fingerprint density at radius 2 is 2.00 bits per heavy atom. The lowest BCUT2D eigenvalue weighted by Crippen LogP contribution is -2.12. The van der Waals surface area contributed by atoms with Crippen molar-refractivity contribution in [1.82, 2.24) is 0 Å². The molecule has 1 aromatic carbocycles. The molecule has 0 unspecified atom stereocenters. The maximum Gasteiger partial charge on any atom is 0.433 e. The first-order valence-corrected chi connectivity index (χ1v) is 6.05. The Morgan fingerprint density at radius 1 is 1.40 bits per heavy atom. The summed E-state index contributed by atoms with van der Waals surface area (Å²) in [4.78, 5) is 27.7. The summed E-state index contributed by atoms with van der Waals surface area (Å²) in [6, 6.07) is 6.91. The Hall–Kier alpha value is -0.943. The van der Waals surface area contributed by atoms with Gasteiger partial charge in [-0.25, -0.2) is 9.36 Å². The molecular weight excluding hydrogens is 235 g/mol. The lowest BCUT2D eigenvalue weighted by Gasteiger charge is -2.07. The van der Waals surface area contributed by atoms with Crippen molar-refractivity contribution in [3.05, 3.63) is 29.8 Å². The van der Waals surface area contributed by atoms with Crippen molar-refractivity contribution < 1.29 is 23.9 Å². The number of ether oxygens (including phenoxy) is 1. The standard InChI is InChI=1S/C8H8O5PSi/c9-8(14(10,11)12)13-5-6-3-1-2-4-7(6)15/h1-4H,5H2,(H2,10,11,12). The maximum atomic E-state index is 10.7. The highest BCUT2D eigenvalue weighted by Crippen LogP contribution is 2.37. The minimum Gasteiger partial charge on any atom is -0.452 e. The van der Waals surface area contributed by atoms with Gasteiger partial charge in [0.15, 0.2) is 0 Å². The SMILES string of the molecule is O=C(OCc1ccccc1[Si])P(=O)(O)O. The van der Waals surface area contributed by atoms with Crippen molar-refractivity contribution in [1.29, 1.82) is 0 Å². The largest absolute Gasteiger partial charge is 0.452 e. The molecule has 0 atom stereocenters. The highest BCUT2D eigenvalue weighted by Gasteiger charge is 2.27. The van der Waals surface area contributed by atoms with E-state index in [1.54, 1.807) is 24.3 Å². The molecule has 0 heterocycles. The van der Waals surface area contributed by atoms with Crippen LogP contribution in [0.25, 0.3) is 0 Å². The third kappa shape index (κ3) is 3.60.